The van der Waals surface area contributed by atoms with Crippen molar-refractivity contribution < 1.29 is 24.5 Å². The number of phenolic OH excluding ortho intramolecular Hbond substituents is 3. The monoisotopic (exact) mass is 342 g/mol. The van der Waals surface area contributed by atoms with Gasteiger partial charge in [0, 0.05) is 0 Å². The average molecular weight is 342 g/mol. The predicted octanol–water partition coefficient (Wildman–Crippen LogP) is 3.58. The lowest BCUT2D eigenvalue weighted by Crippen LogP contribution is -2.05. The predicted molar refractivity (Wildman–Crippen MR) is 94.7 cm³/mol. The number of benzene rings is 2. The van der Waals surface area contributed by atoms with E-state index < -0.39 is 5.43 Å². The maximum Gasteiger partial charge on any atom is 0.204 e. The minimum absolute atomic E-state index is 0.0101. The number of aryl methyl sites for hydroxylation is 1. The van der Waals surface area contributed by atoms with E-state index in [-0.39, 0.29) is 44.9 Å². The summed E-state index contributed by atoms with van der Waals surface area (Å²) < 4.78 is 10.8. The third-order valence-electron chi connectivity index (χ3n) is 4.10. The number of allylic oxidation sites excluding steroid dienone is 1. The van der Waals surface area contributed by atoms with Crippen LogP contribution in [0.2, 0.25) is 0 Å². The molecule has 0 aliphatic carbocycles. The fourth-order valence-corrected chi connectivity index (χ4v) is 2.80. The summed E-state index contributed by atoms with van der Waals surface area (Å²) in [5.41, 5.74) is 0.784. The highest BCUT2D eigenvalue weighted by atomic mass is 16.5. The Bertz CT molecular complexity index is 1060. The second-order valence-corrected chi connectivity index (χ2v) is 5.99. The summed E-state index contributed by atoms with van der Waals surface area (Å²) in [5.74, 6) is -0.701. The summed E-state index contributed by atoms with van der Waals surface area (Å²) >= 11 is 0. The SMILES string of the molecule is C=C(C)CCc1cc2c(=O)c3c(O)ccc(O)c3oc2c(OC)c1O. The molecule has 1 aromatic heterocycles. The number of rotatable bonds is 4. The number of hydrogen-bond donors (Lipinski definition) is 3. The maximum atomic E-state index is 12.8. The summed E-state index contributed by atoms with van der Waals surface area (Å²) in [4.78, 5) is 12.8. The Hall–Kier alpha value is -3.15. The standard InChI is InChI=1S/C19H18O6/c1-9(2)4-5-10-8-11-16(23)14-12(20)6-7-13(21)18(14)25-17(11)19(24-3)15(10)22/h6-8,20-22H,1,4-5H2,2-3H3. The van der Waals surface area contributed by atoms with Gasteiger partial charge in [0.15, 0.2) is 22.7 Å². The lowest BCUT2D eigenvalue weighted by Gasteiger charge is -2.13. The van der Waals surface area contributed by atoms with Crippen LogP contribution in [-0.2, 0) is 6.42 Å². The molecule has 6 heteroatoms. The van der Waals surface area contributed by atoms with Crippen LogP contribution in [0.5, 0.6) is 23.0 Å². The van der Waals surface area contributed by atoms with Gasteiger partial charge in [-0.15, -0.1) is 6.58 Å². The van der Waals surface area contributed by atoms with E-state index in [0.717, 1.165) is 5.57 Å². The summed E-state index contributed by atoms with van der Waals surface area (Å²) in [6.45, 7) is 5.70. The van der Waals surface area contributed by atoms with Crippen molar-refractivity contribution in [3.8, 4) is 23.0 Å². The van der Waals surface area contributed by atoms with Crippen molar-refractivity contribution in [1.29, 1.82) is 0 Å². The Kier molecular flexibility index (Phi) is 4.04. The number of fused-ring (bicyclic) bond motifs is 2. The molecule has 0 atom stereocenters. The fraction of sp³-hybridized carbons (Fsp3) is 0.211. The van der Waals surface area contributed by atoms with E-state index in [9.17, 15) is 20.1 Å². The van der Waals surface area contributed by atoms with Gasteiger partial charge in [0.05, 0.1) is 12.5 Å². The van der Waals surface area contributed by atoms with Crippen LogP contribution < -0.4 is 10.2 Å². The first-order chi connectivity index (χ1) is 11.8. The van der Waals surface area contributed by atoms with Crippen LogP contribution in [0.15, 0.2) is 39.6 Å². The van der Waals surface area contributed by atoms with Gasteiger partial charge < -0.3 is 24.5 Å². The van der Waals surface area contributed by atoms with Crippen molar-refractivity contribution in [3.63, 3.8) is 0 Å². The van der Waals surface area contributed by atoms with Gasteiger partial charge in [-0.2, -0.15) is 0 Å². The first kappa shape index (κ1) is 16.7. The molecule has 3 N–H and O–H groups in total. The second kappa shape index (κ2) is 6.05. The maximum absolute atomic E-state index is 12.8. The van der Waals surface area contributed by atoms with Gasteiger partial charge in [-0.25, -0.2) is 0 Å². The Morgan fingerprint density at radius 3 is 2.52 bits per heavy atom. The van der Waals surface area contributed by atoms with Crippen molar-refractivity contribution >= 4 is 21.9 Å². The van der Waals surface area contributed by atoms with Crippen molar-refractivity contribution in [2.24, 2.45) is 0 Å². The third kappa shape index (κ3) is 2.65. The highest BCUT2D eigenvalue weighted by Gasteiger charge is 2.21. The van der Waals surface area contributed by atoms with Crippen molar-refractivity contribution in [2.75, 3.05) is 7.11 Å². The number of aromatic hydroxyl groups is 3. The molecule has 1 heterocycles. The summed E-state index contributed by atoms with van der Waals surface area (Å²) in [6.07, 6.45) is 1.10. The summed E-state index contributed by atoms with van der Waals surface area (Å²) in [6, 6.07) is 3.96. The molecular weight excluding hydrogens is 324 g/mol. The molecule has 0 aliphatic rings. The van der Waals surface area contributed by atoms with Gasteiger partial charge >= 0.3 is 0 Å². The molecule has 3 rings (SSSR count). The zero-order chi connectivity index (χ0) is 18.3. The smallest absolute Gasteiger partial charge is 0.204 e. The van der Waals surface area contributed by atoms with E-state index in [4.69, 9.17) is 9.15 Å². The van der Waals surface area contributed by atoms with Crippen LogP contribution in [0.4, 0.5) is 0 Å². The molecule has 25 heavy (non-hydrogen) atoms. The highest BCUT2D eigenvalue weighted by molar-refractivity contribution is 5.98. The molecule has 3 aromatic rings. The number of phenols is 3. The Labute approximate surface area is 143 Å². The van der Waals surface area contributed by atoms with Gasteiger partial charge in [-0.3, -0.25) is 4.79 Å². The van der Waals surface area contributed by atoms with Crippen LogP contribution in [-0.4, -0.2) is 22.4 Å². The molecule has 0 amide bonds. The zero-order valence-corrected chi connectivity index (χ0v) is 13.9. The van der Waals surface area contributed by atoms with Crippen LogP contribution >= 0.6 is 0 Å². The van der Waals surface area contributed by atoms with Crippen molar-refractivity contribution in [2.45, 2.75) is 19.8 Å². The molecule has 6 nitrogen and oxygen atoms in total. The zero-order valence-electron chi connectivity index (χ0n) is 13.9. The van der Waals surface area contributed by atoms with Gasteiger partial charge in [0.1, 0.15) is 11.1 Å². The average Bonchev–Trinajstić information content (AvgIpc) is 2.56. The normalized spacial score (nSPS) is 11.1. The molecular formula is C19H18O6. The van der Waals surface area contributed by atoms with Crippen LogP contribution in [0.3, 0.4) is 0 Å². The molecule has 2 aromatic carbocycles. The lowest BCUT2D eigenvalue weighted by molar-refractivity contribution is 0.368. The Balaban J connectivity index is 2.43. The van der Waals surface area contributed by atoms with E-state index in [1.54, 1.807) is 0 Å². The number of hydrogen-bond acceptors (Lipinski definition) is 6. The van der Waals surface area contributed by atoms with Crippen molar-refractivity contribution in [1.82, 2.24) is 0 Å². The second-order valence-electron chi connectivity index (χ2n) is 5.99. The van der Waals surface area contributed by atoms with E-state index in [1.807, 2.05) is 6.92 Å². The minimum atomic E-state index is -0.514. The molecule has 0 saturated carbocycles. The van der Waals surface area contributed by atoms with E-state index in [2.05, 4.69) is 6.58 Å². The molecule has 0 fully saturated rings. The van der Waals surface area contributed by atoms with Crippen LogP contribution in [0.25, 0.3) is 21.9 Å². The molecule has 130 valence electrons. The van der Waals surface area contributed by atoms with Gasteiger partial charge in [0.2, 0.25) is 11.2 Å². The van der Waals surface area contributed by atoms with E-state index in [0.29, 0.717) is 18.4 Å². The van der Waals surface area contributed by atoms with Crippen molar-refractivity contribution in [3.05, 3.63) is 46.1 Å². The third-order valence-corrected chi connectivity index (χ3v) is 4.10. The van der Waals surface area contributed by atoms with E-state index in [1.165, 1.54) is 25.3 Å². The van der Waals surface area contributed by atoms with E-state index >= 15 is 0 Å². The molecule has 0 aliphatic heterocycles. The molecule has 0 unspecified atom stereocenters. The Morgan fingerprint density at radius 2 is 1.88 bits per heavy atom. The summed E-state index contributed by atoms with van der Waals surface area (Å²) in [5, 5.41) is 30.4. The van der Waals surface area contributed by atoms with Gasteiger partial charge in [0.25, 0.3) is 0 Å². The first-order valence-electron chi connectivity index (χ1n) is 7.69. The van der Waals surface area contributed by atoms with Crippen LogP contribution in [0.1, 0.15) is 18.9 Å². The summed E-state index contributed by atoms with van der Waals surface area (Å²) in [7, 11) is 1.35. The van der Waals surface area contributed by atoms with Gasteiger partial charge in [-0.05, 0) is 43.5 Å². The quantitative estimate of drug-likeness (QED) is 0.381. The largest absolute Gasteiger partial charge is 0.507 e. The number of ether oxygens (including phenoxy) is 1. The van der Waals surface area contributed by atoms with Crippen LogP contribution in [0, 0.1) is 0 Å². The first-order valence-corrected chi connectivity index (χ1v) is 7.69. The molecule has 0 spiro atoms. The highest BCUT2D eigenvalue weighted by Crippen LogP contribution is 2.41. The molecule has 0 bridgehead atoms. The molecule has 0 saturated heterocycles. The molecule has 0 radical (unpaired) electrons. The lowest BCUT2D eigenvalue weighted by atomic mass is 10.0. The number of methoxy groups -OCH3 is 1. The van der Waals surface area contributed by atoms with Gasteiger partial charge in [-0.1, -0.05) is 5.57 Å². The Morgan fingerprint density at radius 1 is 1.20 bits per heavy atom. The fourth-order valence-electron chi connectivity index (χ4n) is 2.80. The topological polar surface area (TPSA) is 100 Å². The minimum Gasteiger partial charge on any atom is -0.507 e.